The number of amides is 1. The van der Waals surface area contributed by atoms with E-state index in [1.807, 2.05) is 0 Å². The predicted molar refractivity (Wildman–Crippen MR) is 71.3 cm³/mol. The Morgan fingerprint density at radius 3 is 2.65 bits per heavy atom. The van der Waals surface area contributed by atoms with E-state index in [1.54, 1.807) is 13.8 Å². The van der Waals surface area contributed by atoms with Gasteiger partial charge in [0.05, 0.1) is 11.6 Å². The van der Waals surface area contributed by atoms with E-state index in [-0.39, 0.29) is 23.3 Å². The van der Waals surface area contributed by atoms with Gasteiger partial charge in [-0.2, -0.15) is 0 Å². The summed E-state index contributed by atoms with van der Waals surface area (Å²) in [6.07, 6.45) is 1.13. The van der Waals surface area contributed by atoms with Crippen molar-refractivity contribution in [3.8, 4) is 0 Å². The van der Waals surface area contributed by atoms with Gasteiger partial charge in [0.15, 0.2) is 0 Å². The predicted octanol–water partition coefficient (Wildman–Crippen LogP) is 2.93. The van der Waals surface area contributed by atoms with Gasteiger partial charge in [-0.1, -0.05) is 13.8 Å². The van der Waals surface area contributed by atoms with Crippen LogP contribution in [0.2, 0.25) is 0 Å². The Morgan fingerprint density at radius 2 is 2.05 bits per heavy atom. The number of rotatable bonds is 3. The number of anilines is 1. The quantitative estimate of drug-likeness (QED) is 0.799. The van der Waals surface area contributed by atoms with Crippen molar-refractivity contribution in [2.45, 2.75) is 26.7 Å². The van der Waals surface area contributed by atoms with E-state index in [0.29, 0.717) is 19.4 Å². The molecule has 1 amide bonds. The molecule has 1 aromatic carbocycles. The summed E-state index contributed by atoms with van der Waals surface area (Å²) in [7, 11) is 0. The van der Waals surface area contributed by atoms with Crippen LogP contribution in [0, 0.1) is 23.5 Å². The second-order valence-electron chi connectivity index (χ2n) is 5.34. The van der Waals surface area contributed by atoms with Gasteiger partial charge in [0.25, 0.3) is 0 Å². The van der Waals surface area contributed by atoms with Crippen molar-refractivity contribution in [3.05, 3.63) is 29.8 Å². The van der Waals surface area contributed by atoms with Gasteiger partial charge in [-0.25, -0.2) is 8.78 Å². The zero-order valence-corrected chi connectivity index (χ0v) is 11.5. The molecular formula is C15H17F2NO2. The van der Waals surface area contributed by atoms with Crippen molar-refractivity contribution in [2.24, 2.45) is 11.8 Å². The van der Waals surface area contributed by atoms with E-state index in [1.165, 1.54) is 11.0 Å². The van der Waals surface area contributed by atoms with E-state index < -0.39 is 17.6 Å². The van der Waals surface area contributed by atoms with Crippen LogP contribution >= 0.6 is 0 Å². The van der Waals surface area contributed by atoms with Gasteiger partial charge in [0, 0.05) is 18.5 Å². The molecule has 1 aliphatic heterocycles. The molecule has 5 heteroatoms. The van der Waals surface area contributed by atoms with Gasteiger partial charge in [-0.15, -0.1) is 0 Å². The van der Waals surface area contributed by atoms with Gasteiger partial charge in [-0.3, -0.25) is 9.59 Å². The minimum atomic E-state index is -0.781. The molecule has 0 bridgehead atoms. The van der Waals surface area contributed by atoms with Gasteiger partial charge in [0.1, 0.15) is 17.4 Å². The third kappa shape index (κ3) is 2.71. The summed E-state index contributed by atoms with van der Waals surface area (Å²) in [4.78, 5) is 25.6. The van der Waals surface area contributed by atoms with Gasteiger partial charge < -0.3 is 4.90 Å². The molecule has 0 spiro atoms. The number of benzene rings is 1. The van der Waals surface area contributed by atoms with Crippen molar-refractivity contribution in [1.29, 1.82) is 0 Å². The fourth-order valence-electron chi connectivity index (χ4n) is 2.48. The Labute approximate surface area is 116 Å². The molecule has 2 rings (SSSR count). The average molecular weight is 281 g/mol. The molecule has 0 N–H and O–H groups in total. The average Bonchev–Trinajstić information content (AvgIpc) is 2.39. The van der Waals surface area contributed by atoms with Gasteiger partial charge in [-0.05, 0) is 25.0 Å². The van der Waals surface area contributed by atoms with Crippen molar-refractivity contribution in [1.82, 2.24) is 0 Å². The van der Waals surface area contributed by atoms with Crippen LogP contribution in [0.1, 0.15) is 26.7 Å². The Bertz CT molecular complexity index is 543. The molecule has 1 atom stereocenters. The Hall–Kier alpha value is -1.78. The summed E-state index contributed by atoms with van der Waals surface area (Å²) in [6.45, 7) is 3.84. The largest absolute Gasteiger partial charge is 0.309 e. The number of hydrogen-bond acceptors (Lipinski definition) is 2. The maximum atomic E-state index is 13.8. The molecule has 0 aromatic heterocycles. The smallest absolute Gasteiger partial charge is 0.237 e. The normalized spacial score (nSPS) is 19.6. The second-order valence-corrected chi connectivity index (χ2v) is 5.34. The lowest BCUT2D eigenvalue weighted by molar-refractivity contribution is -0.135. The fraction of sp³-hybridized carbons (Fsp3) is 0.467. The summed E-state index contributed by atoms with van der Waals surface area (Å²) >= 11 is 0. The van der Waals surface area contributed by atoms with Crippen LogP contribution < -0.4 is 4.90 Å². The van der Waals surface area contributed by atoms with Crippen LogP contribution in [0.3, 0.4) is 0 Å². The summed E-state index contributed by atoms with van der Waals surface area (Å²) in [6, 6.07) is 3.10. The number of Topliss-reactive ketones (excluding diaryl/α,β-unsaturated/α-hetero) is 1. The van der Waals surface area contributed by atoms with Crippen LogP contribution in [0.5, 0.6) is 0 Å². The van der Waals surface area contributed by atoms with Crippen LogP contribution in [-0.4, -0.2) is 18.2 Å². The molecular weight excluding hydrogens is 264 g/mol. The van der Waals surface area contributed by atoms with E-state index in [9.17, 15) is 18.4 Å². The van der Waals surface area contributed by atoms with Crippen molar-refractivity contribution in [2.75, 3.05) is 11.4 Å². The van der Waals surface area contributed by atoms with Gasteiger partial charge in [0.2, 0.25) is 5.91 Å². The maximum Gasteiger partial charge on any atom is 0.237 e. The first kappa shape index (κ1) is 14.6. The molecule has 1 aliphatic rings. The molecule has 3 nitrogen and oxygen atoms in total. The third-order valence-electron chi connectivity index (χ3n) is 3.55. The molecule has 0 unspecified atom stereocenters. The van der Waals surface area contributed by atoms with Crippen LogP contribution in [0.25, 0.3) is 0 Å². The van der Waals surface area contributed by atoms with E-state index in [2.05, 4.69) is 0 Å². The minimum absolute atomic E-state index is 0.0395. The highest BCUT2D eigenvalue weighted by Crippen LogP contribution is 2.28. The number of ketones is 1. The Balaban J connectivity index is 2.28. The monoisotopic (exact) mass is 281 g/mol. The number of piperidine rings is 1. The molecule has 1 heterocycles. The Morgan fingerprint density at radius 1 is 1.35 bits per heavy atom. The molecule has 1 saturated heterocycles. The van der Waals surface area contributed by atoms with Gasteiger partial charge >= 0.3 is 0 Å². The van der Waals surface area contributed by atoms with E-state index in [4.69, 9.17) is 0 Å². The SMILES string of the molecule is CC(C)C(=O)[C@@H]1CCCN(c2ccc(F)cc2F)C1=O. The lowest BCUT2D eigenvalue weighted by Crippen LogP contribution is -2.45. The van der Waals surface area contributed by atoms with Crippen molar-refractivity contribution >= 4 is 17.4 Å². The molecule has 0 radical (unpaired) electrons. The highest BCUT2D eigenvalue weighted by atomic mass is 19.1. The van der Waals surface area contributed by atoms with Crippen molar-refractivity contribution < 1.29 is 18.4 Å². The highest BCUT2D eigenvalue weighted by Gasteiger charge is 2.36. The molecule has 20 heavy (non-hydrogen) atoms. The summed E-state index contributed by atoms with van der Waals surface area (Å²) in [5.41, 5.74) is 0.0395. The molecule has 0 aliphatic carbocycles. The first-order valence-electron chi connectivity index (χ1n) is 6.72. The number of carbonyl (C=O) groups excluding carboxylic acids is 2. The highest BCUT2D eigenvalue weighted by molar-refractivity contribution is 6.09. The molecule has 0 saturated carbocycles. The van der Waals surface area contributed by atoms with Crippen LogP contribution in [0.15, 0.2) is 18.2 Å². The number of carbonyl (C=O) groups is 2. The third-order valence-corrected chi connectivity index (χ3v) is 3.55. The number of hydrogen-bond donors (Lipinski definition) is 0. The van der Waals surface area contributed by atoms with Crippen molar-refractivity contribution in [3.63, 3.8) is 0 Å². The summed E-state index contributed by atoms with van der Waals surface area (Å²) in [5, 5.41) is 0. The molecule has 108 valence electrons. The number of halogens is 2. The summed E-state index contributed by atoms with van der Waals surface area (Å²) in [5.74, 6) is -2.93. The lowest BCUT2D eigenvalue weighted by atomic mass is 9.87. The second kappa shape index (κ2) is 5.69. The summed E-state index contributed by atoms with van der Waals surface area (Å²) < 4.78 is 26.7. The lowest BCUT2D eigenvalue weighted by Gasteiger charge is -2.32. The molecule has 1 fully saturated rings. The standard InChI is InChI=1S/C15H17F2NO2/c1-9(2)14(19)11-4-3-7-18(15(11)20)13-6-5-10(16)8-12(13)17/h5-6,8-9,11H,3-4,7H2,1-2H3/t11-/m0/s1. The topological polar surface area (TPSA) is 37.4 Å². The van der Waals surface area contributed by atoms with Crippen LogP contribution in [-0.2, 0) is 9.59 Å². The maximum absolute atomic E-state index is 13.8. The Kier molecular flexibility index (Phi) is 4.16. The van der Waals surface area contributed by atoms with E-state index >= 15 is 0 Å². The van der Waals surface area contributed by atoms with Crippen LogP contribution in [0.4, 0.5) is 14.5 Å². The number of nitrogens with zero attached hydrogens (tertiary/aromatic N) is 1. The first-order chi connectivity index (χ1) is 9.41. The van der Waals surface area contributed by atoms with E-state index in [0.717, 1.165) is 12.1 Å². The fourth-order valence-corrected chi connectivity index (χ4v) is 2.48. The minimum Gasteiger partial charge on any atom is -0.309 e. The molecule has 1 aromatic rings. The zero-order valence-electron chi connectivity index (χ0n) is 11.5. The first-order valence-corrected chi connectivity index (χ1v) is 6.72. The zero-order chi connectivity index (χ0) is 14.9.